The van der Waals surface area contributed by atoms with E-state index in [1.165, 1.54) is 0 Å². The van der Waals surface area contributed by atoms with E-state index in [0.717, 1.165) is 11.0 Å². The standard InChI is InChI=1S/C24H20N4O2/c1-15-21(23(30)26-16-9-3-2-4-10-16)22(17-11-5-8-14-20(17)29)28-19-13-7-6-12-18(19)27-24(28)25-15/h2-14,22,29H,1H3,(H,25,27)(H,26,30). The van der Waals surface area contributed by atoms with E-state index in [-0.39, 0.29) is 11.7 Å². The Balaban J connectivity index is 1.70. The van der Waals surface area contributed by atoms with E-state index >= 15 is 0 Å². The van der Waals surface area contributed by atoms with Crippen molar-refractivity contribution in [3.63, 3.8) is 0 Å². The van der Waals surface area contributed by atoms with Crippen LogP contribution in [0.15, 0.2) is 90.1 Å². The van der Waals surface area contributed by atoms with Crippen LogP contribution in [0.3, 0.4) is 0 Å². The van der Waals surface area contributed by atoms with Gasteiger partial charge in [0, 0.05) is 16.9 Å². The van der Waals surface area contributed by atoms with Gasteiger partial charge in [0.25, 0.3) is 5.91 Å². The van der Waals surface area contributed by atoms with Crippen molar-refractivity contribution in [2.45, 2.75) is 13.0 Å². The van der Waals surface area contributed by atoms with Crippen molar-refractivity contribution < 1.29 is 9.90 Å². The first kappa shape index (κ1) is 18.0. The van der Waals surface area contributed by atoms with Gasteiger partial charge in [-0.15, -0.1) is 0 Å². The first-order valence-corrected chi connectivity index (χ1v) is 9.72. The number of phenolic OH excluding ortho intramolecular Hbond substituents is 1. The van der Waals surface area contributed by atoms with Crippen LogP contribution in [0.4, 0.5) is 11.6 Å². The van der Waals surface area contributed by atoms with Crippen molar-refractivity contribution in [2.24, 2.45) is 0 Å². The predicted octanol–water partition coefficient (Wildman–Crippen LogP) is 4.67. The van der Waals surface area contributed by atoms with Crippen molar-refractivity contribution in [1.82, 2.24) is 9.55 Å². The van der Waals surface area contributed by atoms with Gasteiger partial charge in [0.15, 0.2) is 0 Å². The number of nitrogens with zero attached hydrogens (tertiary/aromatic N) is 2. The monoisotopic (exact) mass is 396 g/mol. The number of aromatic hydroxyl groups is 1. The molecule has 0 spiro atoms. The number of para-hydroxylation sites is 4. The molecule has 4 aromatic rings. The number of hydrogen-bond acceptors (Lipinski definition) is 4. The van der Waals surface area contributed by atoms with E-state index in [2.05, 4.69) is 10.6 Å². The van der Waals surface area contributed by atoms with Gasteiger partial charge in [-0.25, -0.2) is 4.98 Å². The van der Waals surface area contributed by atoms with Gasteiger partial charge in [-0.1, -0.05) is 48.5 Å². The van der Waals surface area contributed by atoms with Crippen LogP contribution >= 0.6 is 0 Å². The summed E-state index contributed by atoms with van der Waals surface area (Å²) in [5.74, 6) is 0.534. The normalized spacial score (nSPS) is 15.6. The molecule has 1 aliphatic rings. The molecule has 0 saturated heterocycles. The molecule has 1 amide bonds. The molecule has 0 saturated carbocycles. The van der Waals surface area contributed by atoms with Crippen molar-refractivity contribution >= 4 is 28.6 Å². The number of nitrogens with one attached hydrogen (secondary N) is 2. The Hall–Kier alpha value is -4.06. The number of hydrogen-bond donors (Lipinski definition) is 3. The predicted molar refractivity (Wildman–Crippen MR) is 117 cm³/mol. The van der Waals surface area contributed by atoms with E-state index in [1.807, 2.05) is 78.2 Å². The lowest BCUT2D eigenvalue weighted by Gasteiger charge is -2.31. The summed E-state index contributed by atoms with van der Waals surface area (Å²) >= 11 is 0. The molecule has 2 heterocycles. The number of imidazole rings is 1. The number of phenols is 1. The van der Waals surface area contributed by atoms with E-state index < -0.39 is 6.04 Å². The third-order valence-corrected chi connectivity index (χ3v) is 5.34. The number of anilines is 2. The van der Waals surface area contributed by atoms with Crippen molar-refractivity contribution in [3.8, 4) is 5.75 Å². The van der Waals surface area contributed by atoms with E-state index in [1.54, 1.807) is 12.1 Å². The Bertz CT molecular complexity index is 1290. The molecule has 0 radical (unpaired) electrons. The highest BCUT2D eigenvalue weighted by Gasteiger charge is 2.35. The molecule has 0 fully saturated rings. The summed E-state index contributed by atoms with van der Waals surface area (Å²) < 4.78 is 1.97. The maximum Gasteiger partial charge on any atom is 0.255 e. The van der Waals surface area contributed by atoms with E-state index in [0.29, 0.717) is 28.5 Å². The van der Waals surface area contributed by atoms with Crippen LogP contribution in [0.1, 0.15) is 18.5 Å². The molecule has 30 heavy (non-hydrogen) atoms. The highest BCUT2D eigenvalue weighted by molar-refractivity contribution is 6.06. The number of carbonyl (C=O) groups is 1. The lowest BCUT2D eigenvalue weighted by molar-refractivity contribution is -0.113. The zero-order chi connectivity index (χ0) is 20.7. The highest BCUT2D eigenvalue weighted by atomic mass is 16.3. The molecule has 1 aromatic heterocycles. The fraction of sp³-hybridized carbons (Fsp3) is 0.0833. The molecule has 1 aliphatic heterocycles. The largest absolute Gasteiger partial charge is 0.508 e. The van der Waals surface area contributed by atoms with Gasteiger partial charge in [-0.2, -0.15) is 0 Å². The molecule has 1 atom stereocenters. The summed E-state index contributed by atoms with van der Waals surface area (Å²) in [5.41, 5.74) is 4.26. The van der Waals surface area contributed by atoms with Crippen LogP contribution < -0.4 is 10.6 Å². The Morgan fingerprint density at radius 2 is 1.70 bits per heavy atom. The van der Waals surface area contributed by atoms with Crippen LogP contribution in [0.25, 0.3) is 11.0 Å². The Morgan fingerprint density at radius 1 is 1.00 bits per heavy atom. The van der Waals surface area contributed by atoms with Crippen LogP contribution in [-0.4, -0.2) is 20.6 Å². The topological polar surface area (TPSA) is 79.2 Å². The number of carbonyl (C=O) groups excluding carboxylic acids is 1. The third kappa shape index (κ3) is 2.90. The fourth-order valence-corrected chi connectivity index (χ4v) is 3.99. The first-order valence-electron chi connectivity index (χ1n) is 9.72. The maximum absolute atomic E-state index is 13.4. The van der Waals surface area contributed by atoms with E-state index in [4.69, 9.17) is 4.98 Å². The molecular weight excluding hydrogens is 376 g/mol. The molecule has 6 heteroatoms. The summed E-state index contributed by atoms with van der Waals surface area (Å²) in [6.45, 7) is 1.86. The summed E-state index contributed by atoms with van der Waals surface area (Å²) in [6.07, 6.45) is 0. The molecule has 3 aromatic carbocycles. The lowest BCUT2D eigenvalue weighted by atomic mass is 9.93. The highest BCUT2D eigenvalue weighted by Crippen LogP contribution is 2.42. The number of aromatic nitrogens is 2. The molecule has 0 bridgehead atoms. The number of allylic oxidation sites excluding steroid dienone is 1. The molecule has 0 aliphatic carbocycles. The quantitative estimate of drug-likeness (QED) is 0.470. The molecule has 148 valence electrons. The van der Waals surface area contributed by atoms with Crippen LogP contribution in [-0.2, 0) is 4.79 Å². The van der Waals surface area contributed by atoms with Crippen molar-refractivity contribution in [3.05, 3.63) is 95.7 Å². The Labute approximate surface area is 173 Å². The van der Waals surface area contributed by atoms with Gasteiger partial charge >= 0.3 is 0 Å². The SMILES string of the molecule is CC1=C(C(=O)Nc2ccccc2)C(c2ccccc2O)n2c(nc3ccccc32)N1. The number of benzene rings is 3. The lowest BCUT2D eigenvalue weighted by Crippen LogP contribution is -2.31. The maximum atomic E-state index is 13.4. The fourth-order valence-electron chi connectivity index (χ4n) is 3.99. The summed E-state index contributed by atoms with van der Waals surface area (Å²) in [4.78, 5) is 18.1. The average Bonchev–Trinajstić information content (AvgIpc) is 3.11. The summed E-state index contributed by atoms with van der Waals surface area (Å²) in [5, 5.41) is 16.9. The molecule has 6 nitrogen and oxygen atoms in total. The zero-order valence-electron chi connectivity index (χ0n) is 16.3. The third-order valence-electron chi connectivity index (χ3n) is 5.34. The van der Waals surface area contributed by atoms with Gasteiger partial charge < -0.3 is 15.7 Å². The molecule has 1 unspecified atom stereocenters. The van der Waals surface area contributed by atoms with Crippen molar-refractivity contribution in [1.29, 1.82) is 0 Å². The van der Waals surface area contributed by atoms with E-state index in [9.17, 15) is 9.90 Å². The van der Waals surface area contributed by atoms with Gasteiger partial charge in [-0.3, -0.25) is 9.36 Å². The van der Waals surface area contributed by atoms with Crippen molar-refractivity contribution in [2.75, 3.05) is 10.6 Å². The summed E-state index contributed by atoms with van der Waals surface area (Å²) in [6, 6.07) is 23.7. The minimum Gasteiger partial charge on any atom is -0.508 e. The average molecular weight is 396 g/mol. The number of rotatable bonds is 3. The van der Waals surface area contributed by atoms with Gasteiger partial charge in [0.05, 0.1) is 22.6 Å². The second-order valence-corrected chi connectivity index (χ2v) is 7.24. The number of amides is 1. The second-order valence-electron chi connectivity index (χ2n) is 7.24. The molecule has 5 rings (SSSR count). The Morgan fingerprint density at radius 3 is 2.50 bits per heavy atom. The second kappa shape index (κ2) is 7.08. The van der Waals surface area contributed by atoms with Crippen LogP contribution in [0.2, 0.25) is 0 Å². The Kier molecular flexibility index (Phi) is 4.25. The van der Waals surface area contributed by atoms with Gasteiger partial charge in [-0.05, 0) is 37.3 Å². The molecular formula is C24H20N4O2. The minimum atomic E-state index is -0.529. The van der Waals surface area contributed by atoms with Gasteiger partial charge in [0.1, 0.15) is 5.75 Å². The summed E-state index contributed by atoms with van der Waals surface area (Å²) in [7, 11) is 0. The van der Waals surface area contributed by atoms with Crippen LogP contribution in [0.5, 0.6) is 5.75 Å². The van der Waals surface area contributed by atoms with Crippen LogP contribution in [0, 0.1) is 0 Å². The number of fused-ring (bicyclic) bond motifs is 3. The smallest absolute Gasteiger partial charge is 0.255 e. The molecule has 3 N–H and O–H groups in total. The zero-order valence-corrected chi connectivity index (χ0v) is 16.3. The minimum absolute atomic E-state index is 0.131. The van der Waals surface area contributed by atoms with Gasteiger partial charge in [0.2, 0.25) is 5.95 Å². The first-order chi connectivity index (χ1) is 14.6.